The summed E-state index contributed by atoms with van der Waals surface area (Å²) in [4.78, 5) is 27.6. The number of hydrogen-bond donors (Lipinski definition) is 2. The summed E-state index contributed by atoms with van der Waals surface area (Å²) in [6, 6.07) is 16.2. The van der Waals surface area contributed by atoms with Gasteiger partial charge in [-0.2, -0.15) is 0 Å². The molecule has 3 N–H and O–H groups in total. The van der Waals surface area contributed by atoms with Crippen molar-refractivity contribution in [2.45, 2.75) is 5.16 Å². The first-order valence-corrected chi connectivity index (χ1v) is 8.40. The molecular formula is C17H15N5O2S. The maximum Gasteiger partial charge on any atom is 0.250 e. The minimum Gasteiger partial charge on any atom is -0.366 e. The van der Waals surface area contributed by atoms with Crippen LogP contribution in [0.5, 0.6) is 0 Å². The van der Waals surface area contributed by atoms with Gasteiger partial charge >= 0.3 is 0 Å². The van der Waals surface area contributed by atoms with E-state index < -0.39 is 5.91 Å². The summed E-state index contributed by atoms with van der Waals surface area (Å²) in [5, 5.41) is 7.49. The summed E-state index contributed by atoms with van der Waals surface area (Å²) in [5.74, 6) is -0.743. The van der Waals surface area contributed by atoms with Crippen LogP contribution in [0.25, 0.3) is 5.69 Å². The number of carbonyl (C=O) groups is 2. The number of nitrogens with two attached hydrogens (primary N) is 1. The fourth-order valence-corrected chi connectivity index (χ4v) is 2.74. The highest BCUT2D eigenvalue weighted by molar-refractivity contribution is 7.99. The molecule has 0 spiro atoms. The average Bonchev–Trinajstić information content (AvgIpc) is 3.10. The Labute approximate surface area is 148 Å². The van der Waals surface area contributed by atoms with Gasteiger partial charge in [0.1, 0.15) is 6.33 Å². The van der Waals surface area contributed by atoms with Crippen molar-refractivity contribution in [1.29, 1.82) is 0 Å². The van der Waals surface area contributed by atoms with Crippen LogP contribution in [-0.4, -0.2) is 32.3 Å². The second kappa shape index (κ2) is 7.63. The standard InChI is InChI=1S/C17H15N5O2S/c18-16(24)13-8-4-5-9-14(13)20-15(23)10-25-17-19-11-22(21-17)12-6-2-1-3-7-12/h1-9,11H,10H2,(H2,18,24)(H,20,23). The fourth-order valence-electron chi connectivity index (χ4n) is 2.14. The van der Waals surface area contributed by atoms with Crippen LogP contribution in [-0.2, 0) is 4.79 Å². The quantitative estimate of drug-likeness (QED) is 0.661. The summed E-state index contributed by atoms with van der Waals surface area (Å²) in [6.07, 6.45) is 1.60. The molecule has 0 aliphatic heterocycles. The van der Waals surface area contributed by atoms with Gasteiger partial charge in [-0.15, -0.1) is 5.10 Å². The Kier molecular flexibility index (Phi) is 5.10. The van der Waals surface area contributed by atoms with Crippen molar-refractivity contribution < 1.29 is 9.59 Å². The Balaban J connectivity index is 1.60. The molecule has 1 heterocycles. The molecule has 2 aromatic carbocycles. The Hall–Kier alpha value is -3.13. The summed E-state index contributed by atoms with van der Waals surface area (Å²) >= 11 is 1.21. The lowest BCUT2D eigenvalue weighted by atomic mass is 10.1. The van der Waals surface area contributed by atoms with Crippen molar-refractivity contribution in [2.75, 3.05) is 11.1 Å². The minimum atomic E-state index is -0.591. The van der Waals surface area contributed by atoms with Crippen molar-refractivity contribution in [2.24, 2.45) is 5.73 Å². The van der Waals surface area contributed by atoms with Gasteiger partial charge in [-0.05, 0) is 24.3 Å². The van der Waals surface area contributed by atoms with Crippen molar-refractivity contribution in [1.82, 2.24) is 14.8 Å². The van der Waals surface area contributed by atoms with Crippen LogP contribution in [0.15, 0.2) is 66.1 Å². The van der Waals surface area contributed by atoms with E-state index in [-0.39, 0.29) is 17.2 Å². The zero-order valence-corrected chi connectivity index (χ0v) is 13.9. The first kappa shape index (κ1) is 16.7. The van der Waals surface area contributed by atoms with Gasteiger partial charge in [0.2, 0.25) is 11.1 Å². The van der Waals surface area contributed by atoms with Crippen LogP contribution < -0.4 is 11.1 Å². The highest BCUT2D eigenvalue weighted by Gasteiger charge is 2.12. The molecule has 0 atom stereocenters. The zero-order chi connectivity index (χ0) is 17.6. The van der Waals surface area contributed by atoms with Gasteiger partial charge in [0.25, 0.3) is 5.91 Å². The van der Waals surface area contributed by atoms with Crippen LogP contribution >= 0.6 is 11.8 Å². The minimum absolute atomic E-state index is 0.117. The Morgan fingerprint density at radius 1 is 1.08 bits per heavy atom. The second-order valence-corrected chi connectivity index (χ2v) is 6.00. The van der Waals surface area contributed by atoms with Gasteiger partial charge in [0.15, 0.2) is 0 Å². The molecule has 0 fully saturated rings. The number of hydrogen-bond acceptors (Lipinski definition) is 5. The van der Waals surface area contributed by atoms with Gasteiger partial charge < -0.3 is 11.1 Å². The number of anilines is 1. The number of aromatic nitrogens is 3. The summed E-state index contributed by atoms with van der Waals surface area (Å²) in [7, 11) is 0. The second-order valence-electron chi connectivity index (χ2n) is 5.05. The molecule has 0 bridgehead atoms. The largest absolute Gasteiger partial charge is 0.366 e. The number of primary amides is 1. The Morgan fingerprint density at radius 2 is 1.80 bits per heavy atom. The smallest absolute Gasteiger partial charge is 0.250 e. The lowest BCUT2D eigenvalue weighted by Crippen LogP contribution is -2.19. The van der Waals surface area contributed by atoms with Gasteiger partial charge in [0, 0.05) is 0 Å². The number of amides is 2. The topological polar surface area (TPSA) is 103 Å². The summed E-state index contributed by atoms with van der Waals surface area (Å²) in [6.45, 7) is 0. The van der Waals surface area contributed by atoms with E-state index in [2.05, 4.69) is 15.4 Å². The molecule has 3 rings (SSSR count). The molecule has 8 heteroatoms. The van der Waals surface area contributed by atoms with E-state index in [1.807, 2.05) is 30.3 Å². The predicted molar refractivity (Wildman–Crippen MR) is 95.7 cm³/mol. The molecule has 0 saturated carbocycles. The van der Waals surface area contributed by atoms with Crippen molar-refractivity contribution >= 4 is 29.3 Å². The number of nitrogens with one attached hydrogen (secondary N) is 1. The van der Waals surface area contributed by atoms with E-state index in [1.54, 1.807) is 35.3 Å². The van der Waals surface area contributed by atoms with E-state index in [0.717, 1.165) is 5.69 Å². The third-order valence-electron chi connectivity index (χ3n) is 3.29. The zero-order valence-electron chi connectivity index (χ0n) is 13.1. The first-order chi connectivity index (χ1) is 12.1. The predicted octanol–water partition coefficient (Wildman–Crippen LogP) is 2.10. The normalized spacial score (nSPS) is 10.4. The van der Waals surface area contributed by atoms with Crippen LogP contribution in [0.4, 0.5) is 5.69 Å². The summed E-state index contributed by atoms with van der Waals surface area (Å²) < 4.78 is 1.64. The molecule has 3 aromatic rings. The number of carbonyl (C=O) groups excluding carboxylic acids is 2. The number of benzene rings is 2. The number of thioether (sulfide) groups is 1. The maximum absolute atomic E-state index is 12.1. The van der Waals surface area contributed by atoms with Crippen LogP contribution in [0.1, 0.15) is 10.4 Å². The van der Waals surface area contributed by atoms with Crippen molar-refractivity contribution in [3.05, 3.63) is 66.5 Å². The number of para-hydroxylation sites is 2. The molecule has 0 unspecified atom stereocenters. The van der Waals surface area contributed by atoms with E-state index in [4.69, 9.17) is 5.73 Å². The molecule has 7 nitrogen and oxygen atoms in total. The van der Waals surface area contributed by atoms with Crippen LogP contribution in [0.2, 0.25) is 0 Å². The number of rotatable bonds is 6. The van der Waals surface area contributed by atoms with Crippen LogP contribution in [0.3, 0.4) is 0 Å². The highest BCUT2D eigenvalue weighted by Crippen LogP contribution is 2.17. The molecule has 0 radical (unpaired) electrons. The average molecular weight is 353 g/mol. The van der Waals surface area contributed by atoms with E-state index in [1.165, 1.54) is 11.8 Å². The van der Waals surface area contributed by atoms with E-state index in [9.17, 15) is 9.59 Å². The van der Waals surface area contributed by atoms with Crippen LogP contribution in [0, 0.1) is 0 Å². The van der Waals surface area contributed by atoms with Gasteiger partial charge in [-0.1, -0.05) is 42.1 Å². The molecule has 0 aliphatic carbocycles. The molecule has 25 heavy (non-hydrogen) atoms. The first-order valence-electron chi connectivity index (χ1n) is 7.42. The third-order valence-corrected chi connectivity index (χ3v) is 4.14. The van der Waals surface area contributed by atoms with Gasteiger partial charge in [0.05, 0.1) is 22.7 Å². The Morgan fingerprint density at radius 3 is 2.56 bits per heavy atom. The lowest BCUT2D eigenvalue weighted by molar-refractivity contribution is -0.113. The van der Waals surface area contributed by atoms with Gasteiger partial charge in [-0.3, -0.25) is 9.59 Å². The fraction of sp³-hybridized carbons (Fsp3) is 0.0588. The molecule has 2 amide bonds. The number of nitrogens with zero attached hydrogens (tertiary/aromatic N) is 3. The molecule has 0 aliphatic rings. The molecular weight excluding hydrogens is 338 g/mol. The molecule has 0 saturated heterocycles. The van der Waals surface area contributed by atoms with E-state index >= 15 is 0 Å². The summed E-state index contributed by atoms with van der Waals surface area (Å²) in [5.41, 5.74) is 6.85. The molecule has 126 valence electrons. The highest BCUT2D eigenvalue weighted by atomic mass is 32.2. The third kappa shape index (κ3) is 4.24. The lowest BCUT2D eigenvalue weighted by Gasteiger charge is -2.07. The van der Waals surface area contributed by atoms with E-state index in [0.29, 0.717) is 10.8 Å². The van der Waals surface area contributed by atoms with Gasteiger partial charge in [-0.25, -0.2) is 9.67 Å². The maximum atomic E-state index is 12.1. The monoisotopic (exact) mass is 353 g/mol. The van der Waals surface area contributed by atoms with Crippen molar-refractivity contribution in [3.63, 3.8) is 0 Å². The Bertz CT molecular complexity index is 895. The SMILES string of the molecule is NC(=O)c1ccccc1NC(=O)CSc1ncn(-c2ccccc2)n1. The molecule has 1 aromatic heterocycles. The van der Waals surface area contributed by atoms with Crippen molar-refractivity contribution in [3.8, 4) is 5.69 Å².